The molecule has 0 aromatic carbocycles. The summed E-state index contributed by atoms with van der Waals surface area (Å²) in [5, 5.41) is 41.4. The number of hydrogen-bond donors (Lipinski definition) is 5. The average molecular weight is 214 g/mol. The van der Waals surface area contributed by atoms with Crippen molar-refractivity contribution in [3.05, 3.63) is 0 Å². The Morgan fingerprint density at radius 1 is 1.23 bits per heavy atom. The normalized spacial score (nSPS) is 17.1. The largest absolute Gasteiger partial charge is 0.394 e. The molecule has 0 radical (unpaired) electrons. The zero-order chi connectivity index (χ0) is 10.5. The number of hydrogen-bond acceptors (Lipinski definition) is 7. The van der Waals surface area contributed by atoms with Crippen LogP contribution in [0.5, 0.6) is 0 Å². The predicted octanol–water partition coefficient (Wildman–Crippen LogP) is -1.97. The highest BCUT2D eigenvalue weighted by Crippen LogP contribution is 2.31. The van der Waals surface area contributed by atoms with E-state index >= 15 is 0 Å². The highest BCUT2D eigenvalue weighted by Gasteiger charge is 2.49. The van der Waals surface area contributed by atoms with Crippen molar-refractivity contribution in [1.82, 2.24) is 0 Å². The van der Waals surface area contributed by atoms with Crippen molar-refractivity contribution in [2.75, 3.05) is 19.0 Å². The molecule has 0 aliphatic heterocycles. The molecule has 0 aliphatic carbocycles. The first-order valence-electron chi connectivity index (χ1n) is 3.65. The Balaban J connectivity index is 4.34. The lowest BCUT2D eigenvalue weighted by molar-refractivity contribution is -0.420. The van der Waals surface area contributed by atoms with Gasteiger partial charge in [-0.2, -0.15) is 0 Å². The molecule has 5 N–H and O–H groups in total. The molecule has 0 aromatic heterocycles. The third-order valence-electron chi connectivity index (χ3n) is 1.15. The summed E-state index contributed by atoms with van der Waals surface area (Å²) in [7, 11) is 0. The SMILES string of the molecule is CCSC(O)(OCCO)C(O)(O)O. The molecule has 13 heavy (non-hydrogen) atoms. The lowest BCUT2D eigenvalue weighted by atomic mass is 10.5. The van der Waals surface area contributed by atoms with Gasteiger partial charge >= 0.3 is 11.1 Å². The molecule has 0 saturated heterocycles. The van der Waals surface area contributed by atoms with Gasteiger partial charge in [-0.05, 0) is 5.75 Å². The van der Waals surface area contributed by atoms with E-state index < -0.39 is 17.7 Å². The highest BCUT2D eigenvalue weighted by atomic mass is 32.2. The second-order valence-corrected chi connectivity index (χ2v) is 3.64. The van der Waals surface area contributed by atoms with Gasteiger partial charge in [-0.1, -0.05) is 18.7 Å². The maximum Gasteiger partial charge on any atom is 0.344 e. The summed E-state index contributed by atoms with van der Waals surface area (Å²) in [6, 6.07) is 0. The van der Waals surface area contributed by atoms with Crippen LogP contribution in [0.15, 0.2) is 0 Å². The number of aliphatic hydroxyl groups is 5. The van der Waals surface area contributed by atoms with E-state index in [9.17, 15) is 5.11 Å². The van der Waals surface area contributed by atoms with E-state index in [1.54, 1.807) is 6.92 Å². The van der Waals surface area contributed by atoms with Gasteiger partial charge in [-0.25, -0.2) is 0 Å². The summed E-state index contributed by atoms with van der Waals surface area (Å²) in [5.41, 5.74) is 0. The number of rotatable bonds is 6. The predicted molar refractivity (Wildman–Crippen MR) is 45.5 cm³/mol. The molecule has 6 nitrogen and oxygen atoms in total. The monoisotopic (exact) mass is 214 g/mol. The van der Waals surface area contributed by atoms with Crippen molar-refractivity contribution < 1.29 is 30.3 Å². The quantitative estimate of drug-likeness (QED) is 0.326. The van der Waals surface area contributed by atoms with Crippen LogP contribution in [-0.2, 0) is 4.74 Å². The Labute approximate surface area is 79.8 Å². The van der Waals surface area contributed by atoms with E-state index in [2.05, 4.69) is 4.74 Å². The summed E-state index contributed by atoms with van der Waals surface area (Å²) >= 11 is 0.598. The smallest absolute Gasteiger partial charge is 0.344 e. The van der Waals surface area contributed by atoms with Crippen molar-refractivity contribution >= 4 is 11.8 Å². The van der Waals surface area contributed by atoms with E-state index in [0.717, 1.165) is 0 Å². The lowest BCUT2D eigenvalue weighted by Crippen LogP contribution is -2.54. The van der Waals surface area contributed by atoms with Crippen molar-refractivity contribution in [3.8, 4) is 0 Å². The van der Waals surface area contributed by atoms with Crippen LogP contribution in [0.4, 0.5) is 0 Å². The molecule has 0 rings (SSSR count). The third-order valence-corrected chi connectivity index (χ3v) is 2.22. The van der Waals surface area contributed by atoms with Crippen molar-refractivity contribution in [3.63, 3.8) is 0 Å². The maximum absolute atomic E-state index is 9.36. The summed E-state index contributed by atoms with van der Waals surface area (Å²) in [4.78, 5) is 0. The third kappa shape index (κ3) is 3.77. The Kier molecular flexibility index (Phi) is 5.15. The lowest BCUT2D eigenvalue weighted by Gasteiger charge is -2.33. The second-order valence-electron chi connectivity index (χ2n) is 2.22. The fourth-order valence-corrected chi connectivity index (χ4v) is 1.37. The van der Waals surface area contributed by atoms with Gasteiger partial charge in [-0.15, -0.1) is 0 Å². The molecule has 0 heterocycles. The van der Waals surface area contributed by atoms with Crippen LogP contribution in [-0.4, -0.2) is 55.6 Å². The summed E-state index contributed by atoms with van der Waals surface area (Å²) in [6.07, 6.45) is 0. The first-order chi connectivity index (χ1) is 5.87. The van der Waals surface area contributed by atoms with Crippen molar-refractivity contribution in [2.45, 2.75) is 18.0 Å². The molecule has 80 valence electrons. The molecule has 7 heteroatoms. The molecule has 0 aliphatic rings. The molecular weight excluding hydrogens is 200 g/mol. The first kappa shape index (κ1) is 13.1. The van der Waals surface area contributed by atoms with Crippen LogP contribution in [0.25, 0.3) is 0 Å². The molecular formula is C6H14O6S. The number of ether oxygens (including phenoxy) is 1. The first-order valence-corrected chi connectivity index (χ1v) is 4.64. The summed E-state index contributed by atoms with van der Waals surface area (Å²) < 4.78 is 4.50. The molecule has 1 unspecified atom stereocenters. The molecule has 0 amide bonds. The van der Waals surface area contributed by atoms with Crippen LogP contribution < -0.4 is 0 Å². The zero-order valence-corrected chi connectivity index (χ0v) is 7.99. The Hall–Kier alpha value is 0.110. The molecule has 0 fully saturated rings. The van der Waals surface area contributed by atoms with Crippen molar-refractivity contribution in [1.29, 1.82) is 0 Å². The Bertz CT molecular complexity index is 147. The zero-order valence-electron chi connectivity index (χ0n) is 7.17. The molecule has 0 bridgehead atoms. The Morgan fingerprint density at radius 2 is 1.77 bits per heavy atom. The van der Waals surface area contributed by atoms with Gasteiger partial charge in [0.25, 0.3) is 0 Å². The minimum absolute atomic E-state index is 0.297. The van der Waals surface area contributed by atoms with Gasteiger partial charge in [0, 0.05) is 0 Å². The van der Waals surface area contributed by atoms with Gasteiger partial charge in [0.05, 0.1) is 13.2 Å². The van der Waals surface area contributed by atoms with Gasteiger partial charge in [0.15, 0.2) is 0 Å². The number of thioether (sulfide) groups is 1. The van der Waals surface area contributed by atoms with Gasteiger partial charge < -0.3 is 30.3 Å². The Morgan fingerprint density at radius 3 is 2.08 bits per heavy atom. The fraction of sp³-hybridized carbons (Fsp3) is 1.00. The van der Waals surface area contributed by atoms with E-state index in [1.807, 2.05) is 0 Å². The second kappa shape index (κ2) is 5.11. The van der Waals surface area contributed by atoms with Gasteiger partial charge in [0.1, 0.15) is 0 Å². The standard InChI is InChI=1S/C6H14O6S/c1-2-13-6(11,5(8,9)10)12-4-3-7/h7-11H,2-4H2,1H3. The number of aliphatic hydroxyl groups excluding tert-OH is 1. The molecule has 1 atom stereocenters. The molecule has 0 saturated carbocycles. The van der Waals surface area contributed by atoms with Gasteiger partial charge in [-0.3, -0.25) is 0 Å². The van der Waals surface area contributed by atoms with Gasteiger partial charge in [0.2, 0.25) is 0 Å². The van der Waals surface area contributed by atoms with Crippen LogP contribution in [0.2, 0.25) is 0 Å². The topological polar surface area (TPSA) is 110 Å². The molecule has 0 spiro atoms. The summed E-state index contributed by atoms with van der Waals surface area (Å²) in [6.45, 7) is 0.916. The van der Waals surface area contributed by atoms with E-state index in [4.69, 9.17) is 20.4 Å². The van der Waals surface area contributed by atoms with E-state index in [-0.39, 0.29) is 6.61 Å². The van der Waals surface area contributed by atoms with Crippen LogP contribution >= 0.6 is 11.8 Å². The highest BCUT2D eigenvalue weighted by molar-refractivity contribution is 8.00. The maximum atomic E-state index is 9.36. The van der Waals surface area contributed by atoms with Crippen LogP contribution in [0.1, 0.15) is 6.92 Å². The fourth-order valence-electron chi connectivity index (χ4n) is 0.615. The average Bonchev–Trinajstić information content (AvgIpc) is 1.99. The minimum Gasteiger partial charge on any atom is -0.394 e. The van der Waals surface area contributed by atoms with E-state index in [1.165, 1.54) is 0 Å². The van der Waals surface area contributed by atoms with Crippen LogP contribution in [0, 0.1) is 0 Å². The summed E-state index contributed by atoms with van der Waals surface area (Å²) in [5.74, 6) is -3.06. The van der Waals surface area contributed by atoms with Crippen LogP contribution in [0.3, 0.4) is 0 Å². The van der Waals surface area contributed by atoms with Crippen molar-refractivity contribution in [2.24, 2.45) is 0 Å². The minimum atomic E-state index is -3.36. The van der Waals surface area contributed by atoms with E-state index in [0.29, 0.717) is 17.5 Å². The molecule has 0 aromatic rings.